The van der Waals surface area contributed by atoms with Crippen LogP contribution in [-0.4, -0.2) is 27.4 Å². The van der Waals surface area contributed by atoms with Crippen LogP contribution in [0.1, 0.15) is 51.0 Å². The summed E-state index contributed by atoms with van der Waals surface area (Å²) in [6.45, 7) is 6.15. The smallest absolute Gasteiger partial charge is 0.338 e. The molecular weight excluding hydrogens is 368 g/mol. The number of esters is 1. The van der Waals surface area contributed by atoms with Crippen LogP contribution in [0.2, 0.25) is 0 Å². The lowest BCUT2D eigenvalue weighted by Crippen LogP contribution is -2.25. The van der Waals surface area contributed by atoms with Gasteiger partial charge in [0.25, 0.3) is 5.56 Å². The first-order chi connectivity index (χ1) is 13.8. The van der Waals surface area contributed by atoms with Gasteiger partial charge in [-0.15, -0.1) is 0 Å². The fraction of sp³-hybridized carbons (Fsp3) is 0.304. The van der Waals surface area contributed by atoms with Crippen molar-refractivity contribution in [1.29, 1.82) is 0 Å². The first kappa shape index (κ1) is 19.1. The van der Waals surface area contributed by atoms with E-state index in [-0.39, 0.29) is 16.9 Å². The van der Waals surface area contributed by atoms with Gasteiger partial charge in [0.05, 0.1) is 16.5 Å². The summed E-state index contributed by atoms with van der Waals surface area (Å²) in [6.07, 6.45) is 0.728. The number of carbonyl (C=O) groups is 2. The van der Waals surface area contributed by atoms with Gasteiger partial charge in [-0.3, -0.25) is 14.2 Å². The molecule has 2 heterocycles. The molecule has 29 heavy (non-hydrogen) atoms. The summed E-state index contributed by atoms with van der Waals surface area (Å²) < 4.78 is 7.08. The maximum atomic E-state index is 12.6. The van der Waals surface area contributed by atoms with Crippen LogP contribution in [0.3, 0.4) is 0 Å². The summed E-state index contributed by atoms with van der Waals surface area (Å²) >= 11 is 0. The van der Waals surface area contributed by atoms with Crippen LogP contribution in [-0.2, 0) is 17.7 Å². The van der Waals surface area contributed by atoms with Crippen molar-refractivity contribution in [2.45, 2.75) is 46.3 Å². The highest BCUT2D eigenvalue weighted by molar-refractivity contribution is 6.02. The summed E-state index contributed by atoms with van der Waals surface area (Å²) in [6, 6.07) is 10.1. The number of aryl methyl sites for hydroxylation is 3. The second kappa shape index (κ2) is 7.28. The molecule has 0 N–H and O–H groups in total. The Balaban J connectivity index is 1.57. The third-order valence-electron chi connectivity index (χ3n) is 5.50. The van der Waals surface area contributed by atoms with Gasteiger partial charge in [-0.05, 0) is 62.6 Å². The molecule has 0 saturated carbocycles. The van der Waals surface area contributed by atoms with Gasteiger partial charge < -0.3 is 4.74 Å². The number of nitrogens with zero attached hydrogens (tertiary/aromatic N) is 2. The average Bonchev–Trinajstić information content (AvgIpc) is 3.18. The van der Waals surface area contributed by atoms with E-state index in [1.807, 2.05) is 19.9 Å². The number of ether oxygens (including phenoxy) is 1. The predicted octanol–water partition coefficient (Wildman–Crippen LogP) is 3.39. The molecule has 148 valence electrons. The van der Waals surface area contributed by atoms with Gasteiger partial charge in [-0.25, -0.2) is 9.78 Å². The van der Waals surface area contributed by atoms with E-state index in [9.17, 15) is 14.4 Å². The Morgan fingerprint density at radius 2 is 1.83 bits per heavy atom. The van der Waals surface area contributed by atoms with Crippen molar-refractivity contribution in [3.05, 3.63) is 74.8 Å². The average molecular weight is 390 g/mol. The molecule has 1 atom stereocenters. The van der Waals surface area contributed by atoms with Crippen LogP contribution in [0.25, 0.3) is 10.9 Å². The van der Waals surface area contributed by atoms with Crippen molar-refractivity contribution < 1.29 is 14.3 Å². The Morgan fingerprint density at radius 1 is 1.07 bits per heavy atom. The van der Waals surface area contributed by atoms with Gasteiger partial charge in [0, 0.05) is 18.5 Å². The molecule has 0 spiro atoms. The Kier molecular flexibility index (Phi) is 4.78. The molecule has 0 unspecified atom stereocenters. The van der Waals surface area contributed by atoms with Crippen LogP contribution in [0.5, 0.6) is 0 Å². The van der Waals surface area contributed by atoms with Crippen LogP contribution in [0.15, 0.2) is 41.2 Å². The van der Waals surface area contributed by atoms with Gasteiger partial charge in [0.15, 0.2) is 6.10 Å². The molecule has 0 amide bonds. The third-order valence-corrected chi connectivity index (χ3v) is 5.50. The van der Waals surface area contributed by atoms with Gasteiger partial charge in [0.2, 0.25) is 5.78 Å². The maximum absolute atomic E-state index is 12.6. The number of carbonyl (C=O) groups excluding carboxylic acids is 2. The maximum Gasteiger partial charge on any atom is 0.338 e. The fourth-order valence-electron chi connectivity index (χ4n) is 3.62. The Morgan fingerprint density at radius 3 is 2.59 bits per heavy atom. The zero-order valence-corrected chi connectivity index (χ0v) is 16.7. The number of fused-ring (bicyclic) bond motifs is 2. The lowest BCUT2D eigenvalue weighted by Gasteiger charge is -2.13. The topological polar surface area (TPSA) is 78.3 Å². The quantitative estimate of drug-likeness (QED) is 0.504. The van der Waals surface area contributed by atoms with E-state index in [2.05, 4.69) is 4.98 Å². The molecule has 6 heteroatoms. The monoisotopic (exact) mass is 390 g/mol. The molecule has 0 fully saturated rings. The summed E-state index contributed by atoms with van der Waals surface area (Å²) in [7, 11) is 0. The van der Waals surface area contributed by atoms with Gasteiger partial charge in [-0.1, -0.05) is 12.1 Å². The molecule has 0 bridgehead atoms. The van der Waals surface area contributed by atoms with Crippen LogP contribution >= 0.6 is 0 Å². The highest BCUT2D eigenvalue weighted by Gasteiger charge is 2.22. The first-order valence-electron chi connectivity index (χ1n) is 9.71. The number of benzene rings is 2. The minimum Gasteiger partial charge on any atom is -0.451 e. The fourth-order valence-corrected chi connectivity index (χ4v) is 3.62. The molecule has 1 aromatic heterocycles. The zero-order valence-electron chi connectivity index (χ0n) is 16.7. The first-order valence-corrected chi connectivity index (χ1v) is 9.71. The highest BCUT2D eigenvalue weighted by Crippen LogP contribution is 2.18. The van der Waals surface area contributed by atoms with Gasteiger partial charge >= 0.3 is 5.97 Å². The summed E-state index contributed by atoms with van der Waals surface area (Å²) in [5, 5.41) is 0.478. The Hall–Kier alpha value is -3.28. The normalized spacial score (nSPS) is 13.9. The molecule has 0 radical (unpaired) electrons. The number of Topliss-reactive ketones (excluding diaryl/α,β-unsaturated/α-hetero) is 1. The zero-order chi connectivity index (χ0) is 20.7. The van der Waals surface area contributed by atoms with Crippen molar-refractivity contribution in [1.82, 2.24) is 9.55 Å². The second-order valence-electron chi connectivity index (χ2n) is 7.53. The minimum absolute atomic E-state index is 0.0827. The van der Waals surface area contributed by atoms with E-state index in [4.69, 9.17) is 4.74 Å². The standard InChI is InChI=1S/C23H22N2O4/c1-13-6-7-16(11-14(13)2)21(26)15(3)29-23(28)17-8-9-18-19(12-17)24-20-5-4-10-25(20)22(18)27/h6-9,11-12,15H,4-5,10H2,1-3H3/t15-/m1/s1. The molecule has 4 rings (SSSR count). The van der Waals surface area contributed by atoms with E-state index in [0.717, 1.165) is 29.8 Å². The number of rotatable bonds is 4. The van der Waals surface area contributed by atoms with Crippen molar-refractivity contribution in [2.24, 2.45) is 0 Å². The molecule has 2 aromatic carbocycles. The Bertz CT molecular complexity index is 1210. The summed E-state index contributed by atoms with van der Waals surface area (Å²) in [4.78, 5) is 42.3. The Labute approximate surface area is 168 Å². The van der Waals surface area contributed by atoms with Crippen LogP contribution < -0.4 is 5.56 Å². The minimum atomic E-state index is -0.918. The van der Waals surface area contributed by atoms with E-state index in [0.29, 0.717) is 23.0 Å². The summed E-state index contributed by atoms with van der Waals surface area (Å²) in [5.74, 6) is -0.123. The largest absolute Gasteiger partial charge is 0.451 e. The molecule has 6 nitrogen and oxygen atoms in total. The summed E-state index contributed by atoms with van der Waals surface area (Å²) in [5.41, 5.74) is 3.28. The molecule has 1 aliphatic rings. The highest BCUT2D eigenvalue weighted by atomic mass is 16.5. The van der Waals surface area contributed by atoms with Crippen molar-refractivity contribution in [3.63, 3.8) is 0 Å². The third kappa shape index (κ3) is 3.46. The van der Waals surface area contributed by atoms with E-state index in [1.54, 1.807) is 41.8 Å². The van der Waals surface area contributed by atoms with E-state index >= 15 is 0 Å². The lowest BCUT2D eigenvalue weighted by atomic mass is 10.0. The second-order valence-corrected chi connectivity index (χ2v) is 7.53. The predicted molar refractivity (Wildman–Crippen MR) is 109 cm³/mol. The van der Waals surface area contributed by atoms with Crippen LogP contribution in [0, 0.1) is 13.8 Å². The number of hydrogen-bond donors (Lipinski definition) is 0. The van der Waals surface area contributed by atoms with Crippen molar-refractivity contribution in [2.75, 3.05) is 0 Å². The lowest BCUT2D eigenvalue weighted by molar-refractivity contribution is 0.0319. The SMILES string of the molecule is Cc1ccc(C(=O)[C@@H](C)OC(=O)c2ccc3c(=O)n4c(nc3c2)CCC4)cc1C. The molecular formula is C23H22N2O4. The van der Waals surface area contributed by atoms with Crippen molar-refractivity contribution >= 4 is 22.7 Å². The number of hydrogen-bond acceptors (Lipinski definition) is 5. The van der Waals surface area contributed by atoms with Crippen LogP contribution in [0.4, 0.5) is 0 Å². The number of ketones is 1. The molecule has 3 aromatic rings. The van der Waals surface area contributed by atoms with Gasteiger partial charge in [0.1, 0.15) is 5.82 Å². The molecule has 0 aliphatic carbocycles. The van der Waals surface area contributed by atoms with Gasteiger partial charge in [-0.2, -0.15) is 0 Å². The molecule has 0 saturated heterocycles. The van der Waals surface area contributed by atoms with Crippen molar-refractivity contribution in [3.8, 4) is 0 Å². The molecule has 1 aliphatic heterocycles. The van der Waals surface area contributed by atoms with E-state index < -0.39 is 12.1 Å². The van der Waals surface area contributed by atoms with E-state index in [1.165, 1.54) is 0 Å². The number of aromatic nitrogens is 2.